The zero-order valence-corrected chi connectivity index (χ0v) is 26.1. The van der Waals surface area contributed by atoms with Gasteiger partial charge in [0.25, 0.3) is 0 Å². The van der Waals surface area contributed by atoms with Crippen molar-refractivity contribution in [3.63, 3.8) is 0 Å². The standard InChI is InChI=1S/C31H63BrO2/c1-9-10-16-33-24-34-17-12-14-26(3)19-28(5)21-30(7)23-31(8)22-29(6)20-27(4)18-25(2)13-11-15-32/h25-31H,9-24H2,1-8H3. The molecule has 206 valence electrons. The second kappa shape index (κ2) is 22.6. The maximum absolute atomic E-state index is 5.61. The molecular formula is C31H63BrO2. The van der Waals surface area contributed by atoms with Crippen LogP contribution in [0.5, 0.6) is 0 Å². The highest BCUT2D eigenvalue weighted by Gasteiger charge is 2.18. The van der Waals surface area contributed by atoms with E-state index in [1.807, 2.05) is 0 Å². The van der Waals surface area contributed by atoms with Crippen LogP contribution >= 0.6 is 15.9 Å². The van der Waals surface area contributed by atoms with E-state index in [-0.39, 0.29) is 0 Å². The molecule has 0 radical (unpaired) electrons. The molecule has 2 nitrogen and oxygen atoms in total. The summed E-state index contributed by atoms with van der Waals surface area (Å²) >= 11 is 3.57. The molecular weight excluding hydrogens is 484 g/mol. The number of hydrogen-bond acceptors (Lipinski definition) is 2. The van der Waals surface area contributed by atoms with Gasteiger partial charge < -0.3 is 9.47 Å². The molecule has 0 saturated heterocycles. The van der Waals surface area contributed by atoms with Gasteiger partial charge in [-0.1, -0.05) is 77.7 Å². The Balaban J connectivity index is 3.94. The Kier molecular flexibility index (Phi) is 22.9. The average molecular weight is 548 g/mol. The third kappa shape index (κ3) is 21.7. The van der Waals surface area contributed by atoms with Crippen LogP contribution in [0.15, 0.2) is 0 Å². The second-order valence-corrected chi connectivity index (χ2v) is 13.2. The highest BCUT2D eigenvalue weighted by Crippen LogP contribution is 2.30. The summed E-state index contributed by atoms with van der Waals surface area (Å²) in [6.07, 6.45) is 15.8. The molecule has 0 aliphatic heterocycles. The molecule has 7 unspecified atom stereocenters. The maximum Gasteiger partial charge on any atom is 0.146 e. The number of hydrogen-bond donors (Lipinski definition) is 0. The molecule has 0 aliphatic carbocycles. The molecule has 0 saturated carbocycles. The fraction of sp³-hybridized carbons (Fsp3) is 1.00. The summed E-state index contributed by atoms with van der Waals surface area (Å²) in [6, 6.07) is 0. The highest BCUT2D eigenvalue weighted by molar-refractivity contribution is 9.09. The maximum atomic E-state index is 5.61. The van der Waals surface area contributed by atoms with Gasteiger partial charge in [-0.05, 0) is 112 Å². The summed E-state index contributed by atoms with van der Waals surface area (Å²) in [6.45, 7) is 21.6. The van der Waals surface area contributed by atoms with Crippen molar-refractivity contribution >= 4 is 15.9 Å². The summed E-state index contributed by atoms with van der Waals surface area (Å²) < 4.78 is 11.1. The number of unbranched alkanes of at least 4 members (excludes halogenated alkanes) is 1. The largest absolute Gasteiger partial charge is 0.355 e. The summed E-state index contributed by atoms with van der Waals surface area (Å²) in [7, 11) is 0. The molecule has 0 fully saturated rings. The Hall–Kier alpha value is 0.400. The van der Waals surface area contributed by atoms with E-state index in [4.69, 9.17) is 9.47 Å². The van der Waals surface area contributed by atoms with E-state index in [0.29, 0.717) is 6.79 Å². The Labute approximate surface area is 224 Å². The van der Waals surface area contributed by atoms with Crippen molar-refractivity contribution in [2.75, 3.05) is 25.3 Å². The summed E-state index contributed by atoms with van der Waals surface area (Å²) in [5.41, 5.74) is 0. The van der Waals surface area contributed by atoms with Gasteiger partial charge in [-0.2, -0.15) is 0 Å². The first-order chi connectivity index (χ1) is 16.2. The smallest absolute Gasteiger partial charge is 0.146 e. The quantitative estimate of drug-likeness (QED) is 0.0680. The second-order valence-electron chi connectivity index (χ2n) is 12.4. The van der Waals surface area contributed by atoms with Gasteiger partial charge in [0.15, 0.2) is 0 Å². The van der Waals surface area contributed by atoms with Crippen molar-refractivity contribution in [2.45, 2.75) is 132 Å². The predicted octanol–water partition coefficient (Wildman–Crippen LogP) is 10.5. The van der Waals surface area contributed by atoms with Crippen molar-refractivity contribution in [3.05, 3.63) is 0 Å². The minimum Gasteiger partial charge on any atom is -0.355 e. The molecule has 0 bridgehead atoms. The number of ether oxygens (including phenoxy) is 2. The van der Waals surface area contributed by atoms with Crippen molar-refractivity contribution in [1.82, 2.24) is 0 Å². The zero-order valence-electron chi connectivity index (χ0n) is 24.5. The summed E-state index contributed by atoms with van der Waals surface area (Å²) in [4.78, 5) is 0. The van der Waals surface area contributed by atoms with Crippen LogP contribution in [0.1, 0.15) is 132 Å². The lowest BCUT2D eigenvalue weighted by Crippen LogP contribution is -2.14. The van der Waals surface area contributed by atoms with Gasteiger partial charge in [-0.25, -0.2) is 0 Å². The normalized spacial score (nSPS) is 18.3. The highest BCUT2D eigenvalue weighted by atomic mass is 79.9. The summed E-state index contributed by atoms with van der Waals surface area (Å²) in [5, 5.41) is 1.15. The first-order valence-corrected chi connectivity index (χ1v) is 16.0. The molecule has 0 spiro atoms. The molecule has 0 heterocycles. The fourth-order valence-electron chi connectivity index (χ4n) is 6.22. The third-order valence-corrected chi connectivity index (χ3v) is 8.01. The van der Waals surface area contributed by atoms with Gasteiger partial charge in [0, 0.05) is 18.5 Å². The molecule has 0 aromatic rings. The van der Waals surface area contributed by atoms with Gasteiger partial charge in [-0.3, -0.25) is 0 Å². The average Bonchev–Trinajstić information content (AvgIpc) is 2.73. The van der Waals surface area contributed by atoms with Crippen LogP contribution in [0.3, 0.4) is 0 Å². The van der Waals surface area contributed by atoms with Crippen LogP contribution in [0.2, 0.25) is 0 Å². The molecule has 34 heavy (non-hydrogen) atoms. The predicted molar refractivity (Wildman–Crippen MR) is 156 cm³/mol. The SMILES string of the molecule is CCCCOCOCCCC(C)CC(C)CC(C)CC(C)CC(C)CC(C)CC(C)CCCBr. The van der Waals surface area contributed by atoms with E-state index < -0.39 is 0 Å². The third-order valence-electron chi connectivity index (χ3n) is 7.45. The van der Waals surface area contributed by atoms with Crippen molar-refractivity contribution in [1.29, 1.82) is 0 Å². The fourth-order valence-corrected chi connectivity index (χ4v) is 6.54. The van der Waals surface area contributed by atoms with Gasteiger partial charge in [0.1, 0.15) is 6.79 Å². The molecule has 0 N–H and O–H groups in total. The van der Waals surface area contributed by atoms with Gasteiger partial charge >= 0.3 is 0 Å². The number of alkyl halides is 1. The van der Waals surface area contributed by atoms with E-state index in [2.05, 4.69) is 71.3 Å². The Morgan fingerprint density at radius 2 is 0.853 bits per heavy atom. The first-order valence-electron chi connectivity index (χ1n) is 14.9. The molecule has 0 aromatic heterocycles. The van der Waals surface area contributed by atoms with E-state index in [9.17, 15) is 0 Å². The first kappa shape index (κ1) is 34.4. The van der Waals surface area contributed by atoms with Crippen LogP contribution in [0, 0.1) is 41.4 Å². The lowest BCUT2D eigenvalue weighted by Gasteiger charge is -2.26. The monoisotopic (exact) mass is 546 g/mol. The molecule has 0 aliphatic rings. The lowest BCUT2D eigenvalue weighted by atomic mass is 9.80. The van der Waals surface area contributed by atoms with Crippen molar-refractivity contribution in [2.24, 2.45) is 41.4 Å². The minimum atomic E-state index is 0.467. The van der Waals surface area contributed by atoms with Crippen molar-refractivity contribution < 1.29 is 9.47 Å². The van der Waals surface area contributed by atoms with E-state index in [0.717, 1.165) is 72.8 Å². The van der Waals surface area contributed by atoms with Crippen LogP contribution in [-0.4, -0.2) is 25.3 Å². The zero-order chi connectivity index (χ0) is 25.8. The van der Waals surface area contributed by atoms with Gasteiger partial charge in [-0.15, -0.1) is 0 Å². The topological polar surface area (TPSA) is 18.5 Å². The van der Waals surface area contributed by atoms with Crippen LogP contribution in [0.4, 0.5) is 0 Å². The van der Waals surface area contributed by atoms with Crippen molar-refractivity contribution in [3.8, 4) is 0 Å². The summed E-state index contributed by atoms with van der Waals surface area (Å²) in [5.74, 6) is 5.91. The minimum absolute atomic E-state index is 0.467. The molecule has 0 rings (SSSR count). The van der Waals surface area contributed by atoms with Gasteiger partial charge in [0.05, 0.1) is 0 Å². The van der Waals surface area contributed by atoms with E-state index in [1.165, 1.54) is 64.2 Å². The molecule has 0 amide bonds. The Morgan fingerprint density at radius 3 is 1.24 bits per heavy atom. The van der Waals surface area contributed by atoms with E-state index >= 15 is 0 Å². The molecule has 7 atom stereocenters. The van der Waals surface area contributed by atoms with Crippen LogP contribution in [0.25, 0.3) is 0 Å². The van der Waals surface area contributed by atoms with Crippen LogP contribution < -0.4 is 0 Å². The Morgan fingerprint density at radius 1 is 0.500 bits per heavy atom. The Bertz CT molecular complexity index is 430. The lowest BCUT2D eigenvalue weighted by molar-refractivity contribution is -0.0558. The van der Waals surface area contributed by atoms with E-state index in [1.54, 1.807) is 0 Å². The van der Waals surface area contributed by atoms with Gasteiger partial charge in [0.2, 0.25) is 0 Å². The number of halogens is 1. The molecule has 0 aromatic carbocycles. The van der Waals surface area contributed by atoms with Crippen LogP contribution in [-0.2, 0) is 9.47 Å². The number of rotatable bonds is 24. The molecule has 3 heteroatoms.